The number of piperidine rings is 1. The molecule has 1 aromatic heterocycles. The third-order valence-corrected chi connectivity index (χ3v) is 6.80. The number of halogens is 1. The molecule has 0 saturated carbocycles. The number of hydrogen-bond donors (Lipinski definition) is 3. The maximum absolute atomic E-state index is 12.2. The average Bonchev–Trinajstić information content (AvgIpc) is 3.46. The Balaban J connectivity index is 1.38. The van der Waals surface area contributed by atoms with Gasteiger partial charge in [0.05, 0.1) is 21.5 Å². The van der Waals surface area contributed by atoms with Crippen molar-refractivity contribution in [3.05, 3.63) is 50.7 Å². The number of nitrogens with zero attached hydrogens (tertiary/aromatic N) is 2. The van der Waals surface area contributed by atoms with Crippen LogP contribution in [0.2, 0.25) is 4.34 Å². The van der Waals surface area contributed by atoms with Gasteiger partial charge in [-0.3, -0.25) is 10.2 Å². The van der Waals surface area contributed by atoms with E-state index in [0.717, 1.165) is 48.5 Å². The molecule has 164 valence electrons. The Kier molecular flexibility index (Phi) is 6.77. The van der Waals surface area contributed by atoms with Gasteiger partial charge in [-0.1, -0.05) is 28.9 Å². The predicted octanol–water partition coefficient (Wildman–Crippen LogP) is 4.18. The van der Waals surface area contributed by atoms with Crippen LogP contribution in [0, 0.1) is 5.41 Å². The number of hydrogen-bond acceptors (Lipinski definition) is 6. The fraction of sp³-hybridized carbons (Fsp3) is 0.409. The van der Waals surface area contributed by atoms with E-state index in [1.54, 1.807) is 12.1 Å². The van der Waals surface area contributed by atoms with Gasteiger partial charge in [-0.2, -0.15) is 0 Å². The summed E-state index contributed by atoms with van der Waals surface area (Å²) >= 11 is 7.14. The Labute approximate surface area is 190 Å². The number of carbonyl (C=O) groups excluding carboxylic acids is 1. The molecule has 2 aliphatic heterocycles. The lowest BCUT2D eigenvalue weighted by molar-refractivity contribution is 0.0755. The van der Waals surface area contributed by atoms with Gasteiger partial charge >= 0.3 is 0 Å². The van der Waals surface area contributed by atoms with Gasteiger partial charge in [-0.05, 0) is 37.5 Å². The normalized spacial score (nSPS) is 18.3. The summed E-state index contributed by atoms with van der Waals surface area (Å²) in [5.74, 6) is 0.409. The van der Waals surface area contributed by atoms with Gasteiger partial charge in [-0.15, -0.1) is 11.3 Å². The summed E-state index contributed by atoms with van der Waals surface area (Å²) in [5.41, 5.74) is 3.60. The topological polar surface area (TPSA) is 89.8 Å². The zero-order valence-corrected chi connectivity index (χ0v) is 19.0. The van der Waals surface area contributed by atoms with E-state index in [4.69, 9.17) is 21.8 Å². The largest absolute Gasteiger partial charge is 0.390 e. The lowest BCUT2D eigenvalue weighted by Gasteiger charge is -2.29. The van der Waals surface area contributed by atoms with Crippen LogP contribution in [0.1, 0.15) is 46.5 Å². The van der Waals surface area contributed by atoms with E-state index >= 15 is 0 Å². The number of amides is 1. The van der Waals surface area contributed by atoms with Crippen molar-refractivity contribution in [2.24, 2.45) is 5.16 Å². The quantitative estimate of drug-likeness (QED) is 0.446. The summed E-state index contributed by atoms with van der Waals surface area (Å²) < 4.78 is 0.587. The van der Waals surface area contributed by atoms with Crippen LogP contribution in [-0.2, 0) is 4.84 Å². The van der Waals surface area contributed by atoms with Crippen LogP contribution in [0.3, 0.4) is 0 Å². The van der Waals surface area contributed by atoms with Crippen LogP contribution < -0.4 is 10.6 Å². The summed E-state index contributed by atoms with van der Waals surface area (Å²) in [7, 11) is 1.87. The van der Waals surface area contributed by atoms with Gasteiger partial charge in [0.2, 0.25) is 0 Å². The molecule has 1 aromatic carbocycles. The molecule has 1 fully saturated rings. The second-order valence-corrected chi connectivity index (χ2v) is 9.41. The smallest absolute Gasteiger partial charge is 0.261 e. The number of likely N-dealkylation sites (tertiary alicyclic amines) is 1. The summed E-state index contributed by atoms with van der Waals surface area (Å²) in [4.78, 5) is 20.5. The highest BCUT2D eigenvalue weighted by atomic mass is 35.5. The number of carbonyl (C=O) groups is 1. The monoisotopic (exact) mass is 459 g/mol. The molecule has 1 amide bonds. The maximum Gasteiger partial charge on any atom is 0.261 e. The van der Waals surface area contributed by atoms with Gasteiger partial charge < -0.3 is 20.4 Å². The molecule has 1 unspecified atom stereocenters. The molecule has 2 aliphatic rings. The van der Waals surface area contributed by atoms with E-state index in [1.165, 1.54) is 17.8 Å². The highest BCUT2D eigenvalue weighted by molar-refractivity contribution is 7.18. The van der Waals surface area contributed by atoms with Crippen LogP contribution in [0.25, 0.3) is 0 Å². The number of rotatable bonds is 6. The first-order valence-corrected chi connectivity index (χ1v) is 11.7. The van der Waals surface area contributed by atoms with Crippen molar-refractivity contribution in [2.45, 2.75) is 31.8 Å². The molecule has 3 heterocycles. The van der Waals surface area contributed by atoms with Gasteiger partial charge in [0.25, 0.3) is 5.91 Å². The zero-order valence-electron chi connectivity index (χ0n) is 17.4. The molecule has 2 aromatic rings. The fourth-order valence-corrected chi connectivity index (χ4v) is 4.84. The summed E-state index contributed by atoms with van der Waals surface area (Å²) in [6.45, 7) is 2.26. The van der Waals surface area contributed by atoms with E-state index in [2.05, 4.69) is 20.7 Å². The first-order valence-electron chi connectivity index (χ1n) is 10.5. The van der Waals surface area contributed by atoms with Crippen molar-refractivity contribution in [2.75, 3.05) is 32.0 Å². The third kappa shape index (κ3) is 5.02. The number of oxime groups is 1. The predicted molar refractivity (Wildman–Crippen MR) is 126 cm³/mol. The number of thiophene rings is 1. The van der Waals surface area contributed by atoms with Gasteiger partial charge in [-0.25, -0.2) is 0 Å². The summed E-state index contributed by atoms with van der Waals surface area (Å²) in [6, 6.07) is 9.40. The van der Waals surface area contributed by atoms with Crippen LogP contribution in [0.15, 0.2) is 35.5 Å². The second-order valence-electron chi connectivity index (χ2n) is 7.69. The Morgan fingerprint density at radius 3 is 2.81 bits per heavy atom. The SMILES string of the molecule is CNc1cc(C(=N)N2CCCCC2)ccc1C1=NOC(CNC(=O)c2ccc(Cl)s2)C1. The summed E-state index contributed by atoms with van der Waals surface area (Å²) in [5, 5.41) is 18.9. The molecule has 1 saturated heterocycles. The van der Waals surface area contributed by atoms with Gasteiger partial charge in [0.1, 0.15) is 11.9 Å². The molecule has 0 radical (unpaired) electrons. The highest BCUT2D eigenvalue weighted by Crippen LogP contribution is 2.26. The number of amidine groups is 1. The minimum absolute atomic E-state index is 0.162. The van der Waals surface area contributed by atoms with Gasteiger partial charge in [0.15, 0.2) is 0 Å². The molecular weight excluding hydrogens is 434 g/mol. The first kappa shape index (κ1) is 21.6. The van der Waals surface area contributed by atoms with Crippen molar-refractivity contribution in [1.82, 2.24) is 10.2 Å². The maximum atomic E-state index is 12.2. The van der Waals surface area contributed by atoms with Crippen LogP contribution in [0.4, 0.5) is 5.69 Å². The molecule has 4 rings (SSSR count). The van der Waals surface area contributed by atoms with Crippen molar-refractivity contribution in [3.8, 4) is 0 Å². The molecular formula is C22H26ClN5O2S. The van der Waals surface area contributed by atoms with Crippen molar-refractivity contribution in [3.63, 3.8) is 0 Å². The zero-order chi connectivity index (χ0) is 21.8. The van der Waals surface area contributed by atoms with Gasteiger partial charge in [0, 0.05) is 43.4 Å². The molecule has 31 heavy (non-hydrogen) atoms. The van der Waals surface area contributed by atoms with E-state index in [9.17, 15) is 4.79 Å². The Hall–Kier alpha value is -2.58. The van der Waals surface area contributed by atoms with E-state index in [1.807, 2.05) is 25.2 Å². The Morgan fingerprint density at radius 1 is 1.29 bits per heavy atom. The van der Waals surface area contributed by atoms with E-state index < -0.39 is 0 Å². The second kappa shape index (κ2) is 9.70. The lowest BCUT2D eigenvalue weighted by Crippen LogP contribution is -2.35. The number of nitrogens with one attached hydrogen (secondary N) is 3. The van der Waals surface area contributed by atoms with Crippen LogP contribution >= 0.6 is 22.9 Å². The van der Waals surface area contributed by atoms with E-state index in [0.29, 0.717) is 28.0 Å². The summed E-state index contributed by atoms with van der Waals surface area (Å²) in [6.07, 6.45) is 3.91. The van der Waals surface area contributed by atoms with Crippen LogP contribution in [-0.4, -0.2) is 55.1 Å². The highest BCUT2D eigenvalue weighted by Gasteiger charge is 2.25. The fourth-order valence-electron chi connectivity index (χ4n) is 3.88. The molecule has 0 aliphatic carbocycles. The van der Waals surface area contributed by atoms with Crippen molar-refractivity contribution in [1.29, 1.82) is 5.41 Å². The van der Waals surface area contributed by atoms with Crippen molar-refractivity contribution < 1.29 is 9.63 Å². The minimum atomic E-state index is -0.217. The first-order chi connectivity index (χ1) is 15.0. The Bertz CT molecular complexity index is 1000. The molecule has 1 atom stereocenters. The standard InChI is InChI=1S/C22H26ClN5O2S/c1-25-17-11-14(21(24)28-9-3-2-4-10-28)5-6-16(17)18-12-15(30-27-18)13-26-22(29)19-7-8-20(23)31-19/h5-8,11,15,24-25H,2-4,9-10,12-13H2,1H3,(H,26,29). The molecule has 0 spiro atoms. The minimum Gasteiger partial charge on any atom is -0.390 e. The lowest BCUT2D eigenvalue weighted by atomic mass is 9.99. The third-order valence-electron chi connectivity index (χ3n) is 5.57. The Morgan fingerprint density at radius 2 is 2.10 bits per heavy atom. The van der Waals surface area contributed by atoms with Crippen molar-refractivity contribution >= 4 is 46.1 Å². The van der Waals surface area contributed by atoms with Crippen LogP contribution in [0.5, 0.6) is 0 Å². The number of benzene rings is 1. The average molecular weight is 460 g/mol. The number of anilines is 1. The molecule has 3 N–H and O–H groups in total. The molecule has 9 heteroatoms. The van der Waals surface area contributed by atoms with E-state index in [-0.39, 0.29) is 12.0 Å². The molecule has 7 nitrogen and oxygen atoms in total. The molecule has 0 bridgehead atoms.